The molecule has 148 valence electrons. The van der Waals surface area contributed by atoms with Crippen LogP contribution < -0.4 is 5.32 Å². The van der Waals surface area contributed by atoms with Gasteiger partial charge in [-0.3, -0.25) is 4.79 Å². The van der Waals surface area contributed by atoms with Crippen LogP contribution in [0.3, 0.4) is 0 Å². The number of carbonyl (C=O) groups is 1. The molecule has 0 atom stereocenters. The van der Waals surface area contributed by atoms with E-state index in [2.05, 4.69) is 41.7 Å². The van der Waals surface area contributed by atoms with E-state index in [-0.39, 0.29) is 19.0 Å². The minimum Gasteiger partial charge on any atom is -0.469 e. The van der Waals surface area contributed by atoms with E-state index in [0.29, 0.717) is 0 Å². The molecule has 29 heavy (non-hydrogen) atoms. The highest BCUT2D eigenvalue weighted by Crippen LogP contribution is 2.46. The number of ether oxygens (including phenoxy) is 1. The minimum atomic E-state index is -0.290. The lowest BCUT2D eigenvalue weighted by Gasteiger charge is -2.30. The SMILES string of the molecule is COC(=O)Cc1c(C)c2c(c(CO)c1-c1ccc(C)cc1)-c1ccccc1CN2. The normalized spacial score (nSPS) is 12.0. The monoisotopic (exact) mass is 387 g/mol. The molecule has 1 aliphatic rings. The highest BCUT2D eigenvalue weighted by molar-refractivity contribution is 5.95. The Morgan fingerprint density at radius 2 is 1.76 bits per heavy atom. The average Bonchev–Trinajstić information content (AvgIpc) is 2.75. The number of rotatable bonds is 4. The zero-order valence-electron chi connectivity index (χ0n) is 17.0. The number of methoxy groups -OCH3 is 1. The molecule has 0 fully saturated rings. The van der Waals surface area contributed by atoms with E-state index in [1.165, 1.54) is 12.7 Å². The predicted molar refractivity (Wildman–Crippen MR) is 116 cm³/mol. The molecule has 0 saturated heterocycles. The molecule has 1 heterocycles. The van der Waals surface area contributed by atoms with Gasteiger partial charge in [0.05, 0.1) is 20.1 Å². The Hall–Kier alpha value is -3.11. The lowest BCUT2D eigenvalue weighted by molar-refractivity contribution is -0.139. The fraction of sp³-hybridized carbons (Fsp3) is 0.240. The molecule has 0 saturated carbocycles. The smallest absolute Gasteiger partial charge is 0.310 e. The summed E-state index contributed by atoms with van der Waals surface area (Å²) in [6.45, 7) is 4.69. The van der Waals surface area contributed by atoms with Crippen LogP contribution in [0, 0.1) is 13.8 Å². The van der Waals surface area contributed by atoms with Gasteiger partial charge in [-0.1, -0.05) is 54.1 Å². The number of carbonyl (C=O) groups excluding carboxylic acids is 1. The number of aryl methyl sites for hydroxylation is 1. The van der Waals surface area contributed by atoms with Crippen molar-refractivity contribution in [3.05, 3.63) is 76.3 Å². The fourth-order valence-electron chi connectivity index (χ4n) is 4.27. The maximum Gasteiger partial charge on any atom is 0.310 e. The molecule has 0 aromatic heterocycles. The van der Waals surface area contributed by atoms with Crippen LogP contribution >= 0.6 is 0 Å². The summed E-state index contributed by atoms with van der Waals surface area (Å²) in [5.41, 5.74) is 10.2. The van der Waals surface area contributed by atoms with Crippen LogP contribution in [0.2, 0.25) is 0 Å². The maximum atomic E-state index is 12.2. The molecular weight excluding hydrogens is 362 g/mol. The Morgan fingerprint density at radius 1 is 1.03 bits per heavy atom. The number of aliphatic hydroxyl groups excluding tert-OH is 1. The van der Waals surface area contributed by atoms with Gasteiger partial charge in [0.2, 0.25) is 0 Å². The Balaban J connectivity index is 2.08. The molecule has 4 nitrogen and oxygen atoms in total. The van der Waals surface area contributed by atoms with Gasteiger partial charge in [-0.25, -0.2) is 0 Å². The third kappa shape index (κ3) is 3.30. The van der Waals surface area contributed by atoms with E-state index < -0.39 is 0 Å². The molecule has 3 aromatic rings. The van der Waals surface area contributed by atoms with Crippen LogP contribution in [-0.2, 0) is 29.1 Å². The Labute approximate surface area is 171 Å². The number of fused-ring (bicyclic) bond motifs is 3. The zero-order chi connectivity index (χ0) is 20.5. The zero-order valence-corrected chi connectivity index (χ0v) is 17.0. The molecule has 0 aliphatic carbocycles. The van der Waals surface area contributed by atoms with Crippen LogP contribution in [0.5, 0.6) is 0 Å². The number of esters is 1. The Morgan fingerprint density at radius 3 is 2.45 bits per heavy atom. The van der Waals surface area contributed by atoms with E-state index in [1.54, 1.807) is 0 Å². The molecule has 4 heteroatoms. The highest BCUT2D eigenvalue weighted by atomic mass is 16.5. The molecule has 4 rings (SSSR count). The van der Waals surface area contributed by atoms with Crippen LogP contribution in [-0.4, -0.2) is 18.2 Å². The van der Waals surface area contributed by atoms with Crippen LogP contribution in [0.15, 0.2) is 48.5 Å². The maximum absolute atomic E-state index is 12.2. The molecule has 2 N–H and O–H groups in total. The van der Waals surface area contributed by atoms with E-state index in [1.807, 2.05) is 26.0 Å². The van der Waals surface area contributed by atoms with Crippen molar-refractivity contribution < 1.29 is 14.6 Å². The molecule has 0 unspecified atom stereocenters. The van der Waals surface area contributed by atoms with Gasteiger partial charge in [0.1, 0.15) is 0 Å². The van der Waals surface area contributed by atoms with Gasteiger partial charge in [0.15, 0.2) is 0 Å². The molecule has 0 amide bonds. The van der Waals surface area contributed by atoms with Crippen molar-refractivity contribution in [1.29, 1.82) is 0 Å². The van der Waals surface area contributed by atoms with Gasteiger partial charge in [-0.15, -0.1) is 0 Å². The quantitative estimate of drug-likeness (QED) is 0.633. The topological polar surface area (TPSA) is 58.6 Å². The van der Waals surface area contributed by atoms with E-state index >= 15 is 0 Å². The first-order valence-corrected chi connectivity index (χ1v) is 9.80. The summed E-state index contributed by atoms with van der Waals surface area (Å²) < 4.78 is 4.97. The van der Waals surface area contributed by atoms with Gasteiger partial charge in [-0.05, 0) is 52.8 Å². The summed E-state index contributed by atoms with van der Waals surface area (Å²) in [7, 11) is 1.41. The molecule has 3 aromatic carbocycles. The van der Waals surface area contributed by atoms with E-state index in [9.17, 15) is 9.90 Å². The van der Waals surface area contributed by atoms with Gasteiger partial charge in [0, 0.05) is 17.8 Å². The Bertz CT molecular complexity index is 1080. The van der Waals surface area contributed by atoms with Gasteiger partial charge in [0.25, 0.3) is 0 Å². The van der Waals surface area contributed by atoms with Crippen molar-refractivity contribution >= 4 is 11.7 Å². The number of hydrogen-bond acceptors (Lipinski definition) is 4. The van der Waals surface area contributed by atoms with Crippen LogP contribution in [0.25, 0.3) is 22.3 Å². The van der Waals surface area contributed by atoms with Crippen molar-refractivity contribution in [2.45, 2.75) is 33.4 Å². The van der Waals surface area contributed by atoms with E-state index in [0.717, 1.165) is 56.7 Å². The number of benzene rings is 3. The van der Waals surface area contributed by atoms with Crippen molar-refractivity contribution in [2.24, 2.45) is 0 Å². The fourth-order valence-corrected chi connectivity index (χ4v) is 4.27. The predicted octanol–water partition coefficient (Wildman–Crippen LogP) is 4.77. The average molecular weight is 387 g/mol. The van der Waals surface area contributed by atoms with Gasteiger partial charge in [-0.2, -0.15) is 0 Å². The molecule has 0 spiro atoms. The first-order valence-electron chi connectivity index (χ1n) is 9.80. The first kappa shape index (κ1) is 19.2. The third-order valence-corrected chi connectivity index (χ3v) is 5.77. The number of hydrogen-bond donors (Lipinski definition) is 2. The minimum absolute atomic E-state index is 0.115. The second kappa shape index (κ2) is 7.72. The largest absolute Gasteiger partial charge is 0.469 e. The number of anilines is 1. The lowest BCUT2D eigenvalue weighted by Crippen LogP contribution is -2.16. The van der Waals surface area contributed by atoms with Crippen LogP contribution in [0.1, 0.15) is 27.8 Å². The molecule has 0 bridgehead atoms. The standard InChI is InChI=1S/C25H25NO3/c1-15-8-10-17(11-9-15)23-20(12-22(28)29-3)16(2)25-24(21(23)14-27)19-7-5-4-6-18(19)13-26-25/h4-11,26-27H,12-14H2,1-3H3. The van der Waals surface area contributed by atoms with Gasteiger partial charge < -0.3 is 15.2 Å². The number of aliphatic hydroxyl groups is 1. The second-order valence-electron chi connectivity index (χ2n) is 7.49. The lowest BCUT2D eigenvalue weighted by atomic mass is 9.80. The second-order valence-corrected chi connectivity index (χ2v) is 7.49. The van der Waals surface area contributed by atoms with Crippen molar-refractivity contribution in [2.75, 3.05) is 12.4 Å². The summed E-state index contributed by atoms with van der Waals surface area (Å²) in [5, 5.41) is 14.0. The number of nitrogens with one attached hydrogen (secondary N) is 1. The van der Waals surface area contributed by atoms with E-state index in [4.69, 9.17) is 4.74 Å². The molecular formula is C25H25NO3. The van der Waals surface area contributed by atoms with Crippen LogP contribution in [0.4, 0.5) is 5.69 Å². The molecule has 0 radical (unpaired) electrons. The van der Waals surface area contributed by atoms with Gasteiger partial charge >= 0.3 is 5.97 Å². The van der Waals surface area contributed by atoms with Crippen molar-refractivity contribution in [3.8, 4) is 22.3 Å². The Kier molecular flexibility index (Phi) is 5.12. The summed E-state index contributed by atoms with van der Waals surface area (Å²) >= 11 is 0. The molecule has 1 aliphatic heterocycles. The first-order chi connectivity index (χ1) is 14.0. The summed E-state index contributed by atoms with van der Waals surface area (Å²) in [5.74, 6) is -0.290. The summed E-state index contributed by atoms with van der Waals surface area (Å²) in [6, 6.07) is 16.5. The summed E-state index contributed by atoms with van der Waals surface area (Å²) in [6.07, 6.45) is 0.162. The third-order valence-electron chi connectivity index (χ3n) is 5.77. The van der Waals surface area contributed by atoms with Crippen molar-refractivity contribution in [1.82, 2.24) is 0 Å². The highest BCUT2D eigenvalue weighted by Gasteiger charge is 2.27. The summed E-state index contributed by atoms with van der Waals surface area (Å²) in [4.78, 5) is 12.2. The van der Waals surface area contributed by atoms with Crippen molar-refractivity contribution in [3.63, 3.8) is 0 Å².